The number of carbonyl (C=O) groups excluding carboxylic acids is 1. The number of nitrogens with one attached hydrogen (secondary N) is 1. The number of rotatable bonds is 6. The summed E-state index contributed by atoms with van der Waals surface area (Å²) < 4.78 is 0. The SMILES string of the molecule is Cc1sc(C)c(C(=O)NC2CC3(C2)CC(C(=O)O)C3)c1Cc1ccc(-c2ccccc2)c(N)c1. The van der Waals surface area contributed by atoms with E-state index in [1.165, 1.54) is 0 Å². The summed E-state index contributed by atoms with van der Waals surface area (Å²) in [5.41, 5.74) is 12.3. The summed E-state index contributed by atoms with van der Waals surface area (Å²) in [4.78, 5) is 26.6. The van der Waals surface area contributed by atoms with Crippen LogP contribution in [0.4, 0.5) is 5.69 Å². The first-order chi connectivity index (χ1) is 16.2. The van der Waals surface area contributed by atoms with E-state index in [9.17, 15) is 9.59 Å². The Morgan fingerprint density at radius 3 is 2.41 bits per heavy atom. The molecule has 176 valence electrons. The summed E-state index contributed by atoms with van der Waals surface area (Å²) in [7, 11) is 0. The zero-order valence-corrected chi connectivity index (χ0v) is 20.4. The maximum absolute atomic E-state index is 13.3. The summed E-state index contributed by atoms with van der Waals surface area (Å²) in [5.74, 6) is -0.907. The minimum atomic E-state index is -0.690. The molecule has 1 aromatic heterocycles. The molecule has 0 unspecified atom stereocenters. The van der Waals surface area contributed by atoms with Crippen LogP contribution in [0.25, 0.3) is 11.1 Å². The average Bonchev–Trinajstić information content (AvgIpc) is 3.02. The lowest BCUT2D eigenvalue weighted by Gasteiger charge is -2.56. The number of nitrogens with two attached hydrogens (primary N) is 1. The molecule has 34 heavy (non-hydrogen) atoms. The van der Waals surface area contributed by atoms with Crippen LogP contribution in [-0.2, 0) is 11.2 Å². The van der Waals surface area contributed by atoms with Crippen LogP contribution < -0.4 is 11.1 Å². The standard InChI is InChI=1S/C28H30N2O3S/c1-16-23(10-18-8-9-22(24(29)11-18)19-6-4-3-5-7-19)25(17(2)34-16)26(31)30-21-14-28(15-21)12-20(13-28)27(32)33/h3-9,11,20-21H,10,12-15,29H2,1-2H3,(H,30,31)(H,32,33). The van der Waals surface area contributed by atoms with Gasteiger partial charge in [-0.25, -0.2) is 0 Å². The molecule has 6 heteroatoms. The van der Waals surface area contributed by atoms with Gasteiger partial charge < -0.3 is 16.2 Å². The molecule has 1 amide bonds. The topological polar surface area (TPSA) is 92.4 Å². The normalized spacial score (nSPS) is 23.2. The maximum atomic E-state index is 13.3. The van der Waals surface area contributed by atoms with Gasteiger partial charge in [0.15, 0.2) is 0 Å². The number of thiophene rings is 1. The van der Waals surface area contributed by atoms with Crippen molar-refractivity contribution >= 4 is 28.9 Å². The molecule has 5 nitrogen and oxygen atoms in total. The predicted molar refractivity (Wildman–Crippen MR) is 136 cm³/mol. The third-order valence-electron chi connectivity index (χ3n) is 7.60. The number of hydrogen-bond donors (Lipinski definition) is 3. The number of aliphatic carboxylic acids is 1. The number of aryl methyl sites for hydroxylation is 2. The fraction of sp³-hybridized carbons (Fsp3) is 0.357. The summed E-state index contributed by atoms with van der Waals surface area (Å²) in [6.07, 6.45) is 3.93. The Kier molecular flexibility index (Phi) is 5.72. The maximum Gasteiger partial charge on any atom is 0.306 e. The minimum absolute atomic E-state index is 0.0142. The van der Waals surface area contributed by atoms with Gasteiger partial charge in [-0.05, 0) is 74.1 Å². The second-order valence-corrected chi connectivity index (χ2v) is 11.5. The zero-order valence-electron chi connectivity index (χ0n) is 19.6. The Morgan fingerprint density at radius 1 is 1.06 bits per heavy atom. The lowest BCUT2D eigenvalue weighted by atomic mass is 9.50. The molecule has 1 heterocycles. The van der Waals surface area contributed by atoms with Gasteiger partial charge in [-0.2, -0.15) is 0 Å². The minimum Gasteiger partial charge on any atom is -0.481 e. The first-order valence-corrected chi connectivity index (χ1v) is 12.6. The van der Waals surface area contributed by atoms with E-state index in [-0.39, 0.29) is 23.3 Å². The van der Waals surface area contributed by atoms with E-state index in [1.54, 1.807) is 11.3 Å². The van der Waals surface area contributed by atoms with Gasteiger partial charge in [-0.1, -0.05) is 42.5 Å². The van der Waals surface area contributed by atoms with Crippen LogP contribution >= 0.6 is 11.3 Å². The second-order valence-electron chi connectivity index (χ2n) is 10.1. The Balaban J connectivity index is 1.29. The van der Waals surface area contributed by atoms with E-state index in [4.69, 9.17) is 10.8 Å². The molecule has 0 bridgehead atoms. The smallest absolute Gasteiger partial charge is 0.306 e. The van der Waals surface area contributed by atoms with Crippen molar-refractivity contribution in [3.63, 3.8) is 0 Å². The molecule has 2 aromatic carbocycles. The van der Waals surface area contributed by atoms with Crippen molar-refractivity contribution in [2.45, 2.75) is 52.0 Å². The predicted octanol–water partition coefficient (Wildman–Crippen LogP) is 5.58. The number of benzene rings is 2. The fourth-order valence-electron chi connectivity index (χ4n) is 5.89. The third kappa shape index (κ3) is 4.11. The van der Waals surface area contributed by atoms with Gasteiger partial charge in [0.05, 0.1) is 11.5 Å². The van der Waals surface area contributed by atoms with Crippen LogP contribution in [0.5, 0.6) is 0 Å². The molecular weight excluding hydrogens is 444 g/mol. The molecule has 0 saturated heterocycles. The molecule has 5 rings (SSSR count). The van der Waals surface area contributed by atoms with Crippen molar-refractivity contribution in [1.29, 1.82) is 0 Å². The molecule has 0 aliphatic heterocycles. The highest BCUT2D eigenvalue weighted by Gasteiger charge is 2.55. The quantitative estimate of drug-likeness (QED) is 0.407. The molecule has 2 saturated carbocycles. The van der Waals surface area contributed by atoms with Gasteiger partial charge in [0, 0.05) is 27.0 Å². The van der Waals surface area contributed by atoms with Crippen molar-refractivity contribution in [2.24, 2.45) is 11.3 Å². The van der Waals surface area contributed by atoms with Gasteiger partial charge in [0.1, 0.15) is 0 Å². The summed E-state index contributed by atoms with van der Waals surface area (Å²) in [6.45, 7) is 4.08. The highest BCUT2D eigenvalue weighted by Crippen LogP contribution is 2.58. The van der Waals surface area contributed by atoms with Crippen LogP contribution in [-0.4, -0.2) is 23.0 Å². The Morgan fingerprint density at radius 2 is 1.76 bits per heavy atom. The summed E-state index contributed by atoms with van der Waals surface area (Å²) in [6, 6.07) is 16.4. The van der Waals surface area contributed by atoms with Crippen LogP contribution in [0.15, 0.2) is 48.5 Å². The van der Waals surface area contributed by atoms with Crippen LogP contribution in [0, 0.1) is 25.2 Å². The monoisotopic (exact) mass is 474 g/mol. The van der Waals surface area contributed by atoms with E-state index < -0.39 is 5.97 Å². The second kappa shape index (κ2) is 8.58. The molecule has 2 fully saturated rings. The van der Waals surface area contributed by atoms with Crippen molar-refractivity contribution < 1.29 is 14.7 Å². The van der Waals surface area contributed by atoms with Gasteiger partial charge in [0.2, 0.25) is 0 Å². The largest absolute Gasteiger partial charge is 0.481 e. The number of carboxylic acid groups (broad SMARTS) is 1. The number of hydrogen-bond acceptors (Lipinski definition) is 4. The van der Waals surface area contributed by atoms with E-state index in [0.717, 1.165) is 68.9 Å². The number of nitrogen functional groups attached to an aromatic ring is 1. The van der Waals surface area contributed by atoms with Gasteiger partial charge >= 0.3 is 5.97 Å². The van der Waals surface area contributed by atoms with Crippen molar-refractivity contribution in [1.82, 2.24) is 5.32 Å². The first-order valence-electron chi connectivity index (χ1n) is 11.8. The lowest BCUT2D eigenvalue weighted by Crippen LogP contribution is -2.57. The van der Waals surface area contributed by atoms with Crippen LogP contribution in [0.1, 0.15) is 56.9 Å². The molecule has 3 aromatic rings. The lowest BCUT2D eigenvalue weighted by molar-refractivity contribution is -0.155. The van der Waals surface area contributed by atoms with Crippen LogP contribution in [0.3, 0.4) is 0 Å². The zero-order chi connectivity index (χ0) is 24.0. The number of carbonyl (C=O) groups is 2. The molecule has 2 aliphatic carbocycles. The van der Waals surface area contributed by atoms with E-state index in [1.807, 2.05) is 31.2 Å². The third-order valence-corrected chi connectivity index (χ3v) is 8.66. The Labute approximate surface area is 204 Å². The van der Waals surface area contributed by atoms with Crippen molar-refractivity contribution in [3.8, 4) is 11.1 Å². The van der Waals surface area contributed by atoms with E-state index >= 15 is 0 Å². The molecular formula is C28H30N2O3S. The average molecular weight is 475 g/mol. The van der Waals surface area contributed by atoms with Crippen LogP contribution in [0.2, 0.25) is 0 Å². The number of carboxylic acids is 1. The molecule has 1 spiro atoms. The highest BCUT2D eigenvalue weighted by molar-refractivity contribution is 7.12. The van der Waals surface area contributed by atoms with Gasteiger partial charge in [0.25, 0.3) is 5.91 Å². The number of anilines is 1. The Bertz CT molecular complexity index is 1250. The number of amides is 1. The molecule has 4 N–H and O–H groups in total. The molecule has 0 radical (unpaired) electrons. The van der Waals surface area contributed by atoms with Crippen molar-refractivity contribution in [3.05, 3.63) is 75.0 Å². The molecule has 2 aliphatic rings. The Hall–Kier alpha value is -3.12. The fourth-order valence-corrected chi connectivity index (χ4v) is 6.96. The highest BCUT2D eigenvalue weighted by atomic mass is 32.1. The van der Waals surface area contributed by atoms with Gasteiger partial charge in [-0.15, -0.1) is 11.3 Å². The van der Waals surface area contributed by atoms with E-state index in [0.29, 0.717) is 6.42 Å². The molecule has 0 atom stereocenters. The summed E-state index contributed by atoms with van der Waals surface area (Å²) >= 11 is 1.66. The summed E-state index contributed by atoms with van der Waals surface area (Å²) in [5, 5.41) is 12.4. The first kappa shape index (κ1) is 22.7. The van der Waals surface area contributed by atoms with Gasteiger partial charge in [-0.3, -0.25) is 9.59 Å². The van der Waals surface area contributed by atoms with Crippen molar-refractivity contribution in [2.75, 3.05) is 5.73 Å². The van der Waals surface area contributed by atoms with E-state index in [2.05, 4.69) is 36.5 Å².